The number of ketones is 1. The minimum Gasteiger partial charge on any atom is -0.326 e. The van der Waals surface area contributed by atoms with Crippen LogP contribution in [0.5, 0.6) is 0 Å². The zero-order valence-corrected chi connectivity index (χ0v) is 12.4. The summed E-state index contributed by atoms with van der Waals surface area (Å²) in [4.78, 5) is 24.4. The fraction of sp³-hybridized carbons (Fsp3) is 0.222. The molecule has 0 unspecified atom stereocenters. The van der Waals surface area contributed by atoms with E-state index >= 15 is 0 Å². The summed E-state index contributed by atoms with van der Waals surface area (Å²) in [6, 6.07) is 13.1. The molecule has 0 atom stereocenters. The van der Waals surface area contributed by atoms with Crippen LogP contribution in [0.3, 0.4) is 0 Å². The predicted octanol–water partition coefficient (Wildman–Crippen LogP) is 3.88. The van der Waals surface area contributed by atoms with E-state index in [9.17, 15) is 9.59 Å². The quantitative estimate of drug-likeness (QED) is 0.734. The molecule has 1 amide bonds. The number of fused-ring (bicyclic) bond motifs is 3. The van der Waals surface area contributed by atoms with Crippen LogP contribution in [-0.4, -0.2) is 11.7 Å². The van der Waals surface area contributed by atoms with Gasteiger partial charge in [0.15, 0.2) is 5.78 Å². The van der Waals surface area contributed by atoms with Crippen molar-refractivity contribution in [3.05, 3.63) is 53.6 Å². The second-order valence-corrected chi connectivity index (χ2v) is 6.34. The fourth-order valence-corrected chi connectivity index (χ4v) is 2.42. The number of carbonyl (C=O) groups excluding carboxylic acids is 2. The van der Waals surface area contributed by atoms with Gasteiger partial charge >= 0.3 is 0 Å². The van der Waals surface area contributed by atoms with E-state index < -0.39 is 5.41 Å². The molecule has 3 heteroatoms. The number of nitrogens with one attached hydrogen (secondary N) is 1. The van der Waals surface area contributed by atoms with Gasteiger partial charge in [0.2, 0.25) is 5.91 Å². The van der Waals surface area contributed by atoms with E-state index in [0.29, 0.717) is 11.3 Å². The van der Waals surface area contributed by atoms with Crippen LogP contribution in [0.25, 0.3) is 11.1 Å². The Bertz CT molecular complexity index is 754. The summed E-state index contributed by atoms with van der Waals surface area (Å²) in [5, 5.41) is 2.87. The third kappa shape index (κ3) is 2.25. The smallest absolute Gasteiger partial charge is 0.229 e. The van der Waals surface area contributed by atoms with E-state index in [1.54, 1.807) is 6.07 Å². The number of hydrogen-bond donors (Lipinski definition) is 1. The van der Waals surface area contributed by atoms with E-state index in [4.69, 9.17) is 0 Å². The highest BCUT2D eigenvalue weighted by Crippen LogP contribution is 2.37. The van der Waals surface area contributed by atoms with Crippen molar-refractivity contribution in [2.24, 2.45) is 5.41 Å². The van der Waals surface area contributed by atoms with Gasteiger partial charge in [-0.3, -0.25) is 9.59 Å². The summed E-state index contributed by atoms with van der Waals surface area (Å²) in [6.45, 7) is 5.57. The average Bonchev–Trinajstić information content (AvgIpc) is 2.72. The van der Waals surface area contributed by atoms with Gasteiger partial charge in [-0.2, -0.15) is 0 Å². The van der Waals surface area contributed by atoms with Crippen molar-refractivity contribution in [1.29, 1.82) is 0 Å². The highest BCUT2D eigenvalue weighted by Gasteiger charge is 2.27. The molecular formula is C18H17NO2. The summed E-state index contributed by atoms with van der Waals surface area (Å²) in [7, 11) is 0. The lowest BCUT2D eigenvalue weighted by Crippen LogP contribution is -2.27. The van der Waals surface area contributed by atoms with E-state index in [1.807, 2.05) is 57.2 Å². The van der Waals surface area contributed by atoms with Gasteiger partial charge in [0.05, 0.1) is 0 Å². The Morgan fingerprint density at radius 3 is 2.19 bits per heavy atom. The normalized spacial score (nSPS) is 12.8. The summed E-state index contributed by atoms with van der Waals surface area (Å²) in [5.74, 6) is -0.0436. The third-order valence-corrected chi connectivity index (χ3v) is 3.67. The van der Waals surface area contributed by atoms with Crippen LogP contribution >= 0.6 is 0 Å². The zero-order chi connectivity index (χ0) is 15.2. The van der Waals surface area contributed by atoms with Crippen molar-refractivity contribution in [2.45, 2.75) is 20.8 Å². The molecule has 0 aromatic heterocycles. The molecule has 1 aliphatic carbocycles. The number of benzene rings is 2. The van der Waals surface area contributed by atoms with Crippen molar-refractivity contribution < 1.29 is 9.59 Å². The lowest BCUT2D eigenvalue weighted by atomic mass is 9.95. The van der Waals surface area contributed by atoms with Gasteiger partial charge in [0.1, 0.15) is 0 Å². The van der Waals surface area contributed by atoms with Crippen LogP contribution in [0, 0.1) is 5.41 Å². The molecule has 1 aliphatic rings. The van der Waals surface area contributed by atoms with Gasteiger partial charge in [-0.1, -0.05) is 51.1 Å². The molecule has 2 aromatic carbocycles. The third-order valence-electron chi connectivity index (χ3n) is 3.67. The first-order chi connectivity index (χ1) is 9.88. The summed E-state index contributed by atoms with van der Waals surface area (Å²) in [6.07, 6.45) is 0. The second kappa shape index (κ2) is 4.55. The molecule has 1 N–H and O–H groups in total. The van der Waals surface area contributed by atoms with Crippen molar-refractivity contribution in [3.63, 3.8) is 0 Å². The fourth-order valence-electron chi connectivity index (χ4n) is 2.42. The zero-order valence-electron chi connectivity index (χ0n) is 12.4. The monoisotopic (exact) mass is 279 g/mol. The van der Waals surface area contributed by atoms with Gasteiger partial charge in [-0.05, 0) is 23.3 Å². The number of hydrogen-bond acceptors (Lipinski definition) is 2. The summed E-state index contributed by atoms with van der Waals surface area (Å²) >= 11 is 0. The van der Waals surface area contributed by atoms with Crippen LogP contribution < -0.4 is 5.32 Å². The SMILES string of the molecule is CC(C)(C)C(=O)Nc1ccc2c(c1)C(=O)c1ccccc1-2. The first-order valence-corrected chi connectivity index (χ1v) is 6.97. The van der Waals surface area contributed by atoms with Crippen molar-refractivity contribution in [1.82, 2.24) is 0 Å². The van der Waals surface area contributed by atoms with Gasteiger partial charge in [0.25, 0.3) is 0 Å². The van der Waals surface area contributed by atoms with Crippen LogP contribution in [0.2, 0.25) is 0 Å². The Kier molecular flexibility index (Phi) is 2.94. The summed E-state index contributed by atoms with van der Waals surface area (Å²) in [5.41, 5.74) is 3.48. The van der Waals surface area contributed by atoms with E-state index in [2.05, 4.69) is 5.32 Å². The van der Waals surface area contributed by atoms with Crippen molar-refractivity contribution in [3.8, 4) is 11.1 Å². The number of anilines is 1. The first kappa shape index (κ1) is 13.6. The van der Waals surface area contributed by atoms with Crippen LogP contribution in [0.1, 0.15) is 36.7 Å². The Morgan fingerprint density at radius 2 is 1.52 bits per heavy atom. The molecule has 0 spiro atoms. The molecule has 0 bridgehead atoms. The van der Waals surface area contributed by atoms with E-state index in [-0.39, 0.29) is 11.7 Å². The molecule has 0 radical (unpaired) electrons. The number of carbonyl (C=O) groups is 2. The molecule has 3 rings (SSSR count). The maximum atomic E-state index is 12.4. The van der Waals surface area contributed by atoms with Crippen LogP contribution in [0.4, 0.5) is 5.69 Å². The Hall–Kier alpha value is -2.42. The highest BCUT2D eigenvalue weighted by molar-refractivity contribution is 6.22. The lowest BCUT2D eigenvalue weighted by Gasteiger charge is -2.18. The molecular weight excluding hydrogens is 262 g/mol. The minimum absolute atomic E-state index is 0.0208. The lowest BCUT2D eigenvalue weighted by molar-refractivity contribution is -0.123. The molecule has 0 saturated heterocycles. The van der Waals surface area contributed by atoms with Gasteiger partial charge in [0, 0.05) is 22.2 Å². The Morgan fingerprint density at radius 1 is 0.905 bits per heavy atom. The first-order valence-electron chi connectivity index (χ1n) is 6.97. The molecule has 0 aliphatic heterocycles. The van der Waals surface area contributed by atoms with Gasteiger partial charge in [-0.25, -0.2) is 0 Å². The minimum atomic E-state index is -0.466. The van der Waals surface area contributed by atoms with Crippen LogP contribution in [0.15, 0.2) is 42.5 Å². The molecule has 21 heavy (non-hydrogen) atoms. The molecule has 0 fully saturated rings. The number of amides is 1. The Balaban J connectivity index is 1.98. The topological polar surface area (TPSA) is 46.2 Å². The van der Waals surface area contributed by atoms with Crippen molar-refractivity contribution in [2.75, 3.05) is 5.32 Å². The molecule has 3 nitrogen and oxygen atoms in total. The predicted molar refractivity (Wildman–Crippen MR) is 83.4 cm³/mol. The standard InChI is InChI=1S/C18H17NO2/c1-18(2,3)17(21)19-11-8-9-13-12-6-4-5-7-14(12)16(20)15(13)10-11/h4-10H,1-3H3,(H,19,21). The maximum Gasteiger partial charge on any atom is 0.229 e. The average molecular weight is 279 g/mol. The van der Waals surface area contributed by atoms with E-state index in [1.165, 1.54) is 0 Å². The molecule has 0 heterocycles. The van der Waals surface area contributed by atoms with Crippen molar-refractivity contribution >= 4 is 17.4 Å². The highest BCUT2D eigenvalue weighted by atomic mass is 16.2. The molecule has 106 valence electrons. The molecule has 0 saturated carbocycles. The number of rotatable bonds is 1. The van der Waals surface area contributed by atoms with Gasteiger partial charge in [-0.15, -0.1) is 0 Å². The maximum absolute atomic E-state index is 12.4. The largest absolute Gasteiger partial charge is 0.326 e. The molecule has 2 aromatic rings. The Labute approximate surface area is 124 Å². The second-order valence-electron chi connectivity index (χ2n) is 6.34. The summed E-state index contributed by atoms with van der Waals surface area (Å²) < 4.78 is 0. The van der Waals surface area contributed by atoms with Gasteiger partial charge < -0.3 is 5.32 Å². The van der Waals surface area contributed by atoms with E-state index in [0.717, 1.165) is 16.7 Å². The van der Waals surface area contributed by atoms with Crippen LogP contribution in [-0.2, 0) is 4.79 Å².